The molecule has 0 spiro atoms. The van der Waals surface area contributed by atoms with Crippen molar-refractivity contribution in [2.45, 2.75) is 38.1 Å². The topological polar surface area (TPSA) is 75.3 Å². The first-order chi connectivity index (χ1) is 9.84. The summed E-state index contributed by atoms with van der Waals surface area (Å²) in [6, 6.07) is 4.35. The maximum absolute atomic E-state index is 12.4. The monoisotopic (exact) mass is 326 g/mol. The third-order valence-corrected chi connectivity index (χ3v) is 4.86. The molecule has 0 aromatic heterocycles. The van der Waals surface area contributed by atoms with Crippen LogP contribution >= 0.6 is 23.8 Å². The zero-order valence-electron chi connectivity index (χ0n) is 11.9. The number of phenols is 1. The quantitative estimate of drug-likeness (QED) is 0.746. The van der Waals surface area contributed by atoms with Crippen molar-refractivity contribution in [3.05, 3.63) is 28.8 Å². The predicted molar refractivity (Wildman–Crippen MR) is 87.7 cm³/mol. The van der Waals surface area contributed by atoms with E-state index in [9.17, 15) is 9.90 Å². The van der Waals surface area contributed by atoms with E-state index in [-0.39, 0.29) is 16.7 Å². The molecule has 6 heteroatoms. The average molecular weight is 327 g/mol. The maximum Gasteiger partial charge on any atom is 0.252 e. The molecule has 0 radical (unpaired) electrons. The zero-order valence-corrected chi connectivity index (χ0v) is 13.4. The number of halogens is 1. The van der Waals surface area contributed by atoms with Crippen LogP contribution in [0.25, 0.3) is 0 Å². The Morgan fingerprint density at radius 2 is 2.10 bits per heavy atom. The van der Waals surface area contributed by atoms with Crippen LogP contribution in [0, 0.1) is 5.92 Å². The molecule has 1 fully saturated rings. The summed E-state index contributed by atoms with van der Waals surface area (Å²) in [6.45, 7) is 2.19. The first-order valence-electron chi connectivity index (χ1n) is 6.95. The van der Waals surface area contributed by atoms with Gasteiger partial charge in [0.1, 0.15) is 5.75 Å². The number of amides is 1. The van der Waals surface area contributed by atoms with E-state index in [2.05, 4.69) is 12.2 Å². The third-order valence-electron chi connectivity index (χ3n) is 4.16. The molecule has 0 heterocycles. The lowest BCUT2D eigenvalue weighted by molar-refractivity contribution is 0.0900. The number of carbonyl (C=O) groups is 1. The third kappa shape index (κ3) is 3.47. The number of hydrogen-bond acceptors (Lipinski definition) is 3. The van der Waals surface area contributed by atoms with Crippen molar-refractivity contribution in [1.82, 2.24) is 5.32 Å². The summed E-state index contributed by atoms with van der Waals surface area (Å²) in [5.41, 5.74) is 5.64. The van der Waals surface area contributed by atoms with E-state index in [1.165, 1.54) is 18.2 Å². The molecule has 0 unspecified atom stereocenters. The number of hydrogen-bond donors (Lipinski definition) is 3. The van der Waals surface area contributed by atoms with E-state index in [0.29, 0.717) is 16.5 Å². The SMILES string of the molecule is CC1CCC(NC(=O)c2ccc(O)c(Cl)c2)(C(N)=S)CC1. The summed E-state index contributed by atoms with van der Waals surface area (Å²) < 4.78 is 0. The lowest BCUT2D eigenvalue weighted by Crippen LogP contribution is -2.58. The summed E-state index contributed by atoms with van der Waals surface area (Å²) in [5.74, 6) is 0.288. The highest BCUT2D eigenvalue weighted by atomic mass is 35.5. The number of rotatable bonds is 3. The highest BCUT2D eigenvalue weighted by Gasteiger charge is 2.38. The van der Waals surface area contributed by atoms with E-state index in [4.69, 9.17) is 29.6 Å². The molecule has 2 rings (SSSR count). The highest BCUT2D eigenvalue weighted by molar-refractivity contribution is 7.80. The average Bonchev–Trinajstić information content (AvgIpc) is 2.44. The second-order valence-electron chi connectivity index (χ2n) is 5.75. The molecule has 4 nitrogen and oxygen atoms in total. The van der Waals surface area contributed by atoms with Crippen molar-refractivity contribution in [2.24, 2.45) is 11.7 Å². The molecule has 1 aliphatic rings. The van der Waals surface area contributed by atoms with Gasteiger partial charge in [0.2, 0.25) is 0 Å². The lowest BCUT2D eigenvalue weighted by atomic mass is 9.77. The first kappa shape index (κ1) is 16.0. The van der Waals surface area contributed by atoms with Crippen molar-refractivity contribution in [2.75, 3.05) is 0 Å². The number of nitrogens with two attached hydrogens (primary N) is 1. The molecule has 1 amide bonds. The van der Waals surface area contributed by atoms with Gasteiger partial charge < -0.3 is 16.2 Å². The van der Waals surface area contributed by atoms with Gasteiger partial charge in [-0.15, -0.1) is 0 Å². The van der Waals surface area contributed by atoms with Crippen molar-refractivity contribution in [1.29, 1.82) is 0 Å². The second kappa shape index (κ2) is 6.20. The summed E-state index contributed by atoms with van der Waals surface area (Å²) >= 11 is 11.0. The minimum atomic E-state index is -0.622. The van der Waals surface area contributed by atoms with Gasteiger partial charge in [0.05, 0.1) is 15.6 Å². The Kier molecular flexibility index (Phi) is 4.74. The Balaban J connectivity index is 2.19. The van der Waals surface area contributed by atoms with Gasteiger partial charge in [-0.1, -0.05) is 30.7 Å². The van der Waals surface area contributed by atoms with Crippen molar-refractivity contribution < 1.29 is 9.90 Å². The van der Waals surface area contributed by atoms with Gasteiger partial charge in [-0.25, -0.2) is 0 Å². The van der Waals surface area contributed by atoms with Crippen LogP contribution in [-0.4, -0.2) is 21.5 Å². The molecule has 1 saturated carbocycles. The van der Waals surface area contributed by atoms with E-state index in [1.54, 1.807) is 0 Å². The van der Waals surface area contributed by atoms with Crippen molar-refractivity contribution in [3.8, 4) is 5.75 Å². The van der Waals surface area contributed by atoms with E-state index in [1.807, 2.05) is 0 Å². The number of benzene rings is 1. The summed E-state index contributed by atoms with van der Waals surface area (Å²) in [7, 11) is 0. The van der Waals surface area contributed by atoms with E-state index < -0.39 is 5.54 Å². The van der Waals surface area contributed by atoms with Gasteiger partial charge in [-0.2, -0.15) is 0 Å². The number of phenolic OH excluding ortho intramolecular Hbond substituents is 1. The lowest BCUT2D eigenvalue weighted by Gasteiger charge is -2.39. The van der Waals surface area contributed by atoms with Gasteiger partial charge in [0.25, 0.3) is 5.91 Å². The Morgan fingerprint density at radius 1 is 1.48 bits per heavy atom. The Labute approximate surface area is 134 Å². The molecule has 4 N–H and O–H groups in total. The summed E-state index contributed by atoms with van der Waals surface area (Å²) in [5, 5.41) is 12.5. The van der Waals surface area contributed by atoms with Crippen LogP contribution in [0.3, 0.4) is 0 Å². The molecule has 0 atom stereocenters. The summed E-state index contributed by atoms with van der Waals surface area (Å²) in [6.07, 6.45) is 3.46. The van der Waals surface area contributed by atoms with E-state index in [0.717, 1.165) is 25.7 Å². The smallest absolute Gasteiger partial charge is 0.252 e. The van der Waals surface area contributed by atoms with Crippen molar-refractivity contribution in [3.63, 3.8) is 0 Å². The van der Waals surface area contributed by atoms with Crippen LogP contribution in [0.15, 0.2) is 18.2 Å². The Hall–Kier alpha value is -1.33. The van der Waals surface area contributed by atoms with Gasteiger partial charge in [-0.05, 0) is 49.8 Å². The number of carbonyl (C=O) groups excluding carboxylic acids is 1. The summed E-state index contributed by atoms with van der Waals surface area (Å²) in [4.78, 5) is 12.7. The number of thiocarbonyl (C=S) groups is 1. The van der Waals surface area contributed by atoms with Gasteiger partial charge in [0.15, 0.2) is 0 Å². The minimum absolute atomic E-state index is 0.0521. The molecule has 0 aliphatic heterocycles. The number of nitrogens with one attached hydrogen (secondary N) is 1. The fraction of sp³-hybridized carbons (Fsp3) is 0.467. The van der Waals surface area contributed by atoms with Crippen LogP contribution in [0.4, 0.5) is 0 Å². The largest absolute Gasteiger partial charge is 0.506 e. The van der Waals surface area contributed by atoms with Crippen LogP contribution in [0.5, 0.6) is 5.75 Å². The fourth-order valence-corrected chi connectivity index (χ4v) is 3.06. The molecule has 1 aromatic carbocycles. The zero-order chi connectivity index (χ0) is 15.6. The van der Waals surface area contributed by atoms with Crippen LogP contribution in [-0.2, 0) is 0 Å². The van der Waals surface area contributed by atoms with Crippen LogP contribution in [0.1, 0.15) is 43.0 Å². The standard InChI is InChI=1S/C15H19ClN2O2S/c1-9-4-6-15(7-5-9,14(17)21)18-13(20)10-2-3-12(19)11(16)8-10/h2-3,8-9,19H,4-7H2,1H3,(H2,17,21)(H,18,20). The molecule has 0 bridgehead atoms. The van der Waals surface area contributed by atoms with Crippen LogP contribution < -0.4 is 11.1 Å². The molecule has 0 saturated heterocycles. The molecular formula is C15H19ClN2O2S. The van der Waals surface area contributed by atoms with Crippen LogP contribution in [0.2, 0.25) is 5.02 Å². The molecule has 114 valence electrons. The normalized spacial score (nSPS) is 25.3. The first-order valence-corrected chi connectivity index (χ1v) is 7.73. The number of aromatic hydroxyl groups is 1. The predicted octanol–water partition coefficient (Wildman–Crippen LogP) is 3.01. The highest BCUT2D eigenvalue weighted by Crippen LogP contribution is 2.33. The maximum atomic E-state index is 12.4. The molecular weight excluding hydrogens is 308 g/mol. The molecule has 1 aromatic rings. The second-order valence-corrected chi connectivity index (χ2v) is 6.60. The van der Waals surface area contributed by atoms with Gasteiger partial charge in [-0.3, -0.25) is 4.79 Å². The van der Waals surface area contributed by atoms with Gasteiger partial charge >= 0.3 is 0 Å². The fourth-order valence-electron chi connectivity index (χ4n) is 2.63. The van der Waals surface area contributed by atoms with E-state index >= 15 is 0 Å². The molecule has 1 aliphatic carbocycles. The van der Waals surface area contributed by atoms with Gasteiger partial charge in [0, 0.05) is 5.56 Å². The Bertz CT molecular complexity index is 569. The minimum Gasteiger partial charge on any atom is -0.506 e. The molecule has 21 heavy (non-hydrogen) atoms. The van der Waals surface area contributed by atoms with Crippen molar-refractivity contribution >= 4 is 34.7 Å². The Morgan fingerprint density at radius 3 is 2.62 bits per heavy atom.